The minimum atomic E-state index is -3.77. The SMILES string of the molecule is CC(C)(O)C(F)(F)[C@](C)(N)c1nc(Br)ccc1F. The van der Waals surface area contributed by atoms with E-state index in [4.69, 9.17) is 5.73 Å². The third-order valence-corrected chi connectivity index (χ3v) is 3.17. The number of aromatic nitrogens is 1. The molecule has 3 nitrogen and oxygen atoms in total. The van der Waals surface area contributed by atoms with E-state index in [-0.39, 0.29) is 4.60 Å². The Bertz CT molecular complexity index is 458. The molecule has 0 saturated carbocycles. The van der Waals surface area contributed by atoms with Crippen LogP contribution in [0.1, 0.15) is 26.5 Å². The number of nitrogens with two attached hydrogens (primary N) is 1. The lowest BCUT2D eigenvalue weighted by Crippen LogP contribution is -2.61. The highest BCUT2D eigenvalue weighted by Crippen LogP contribution is 2.43. The summed E-state index contributed by atoms with van der Waals surface area (Å²) in [5.74, 6) is -4.72. The fourth-order valence-electron chi connectivity index (χ4n) is 1.57. The van der Waals surface area contributed by atoms with Crippen LogP contribution in [0, 0.1) is 5.82 Å². The zero-order valence-electron chi connectivity index (χ0n) is 10.1. The van der Waals surface area contributed by atoms with Gasteiger partial charge in [0.1, 0.15) is 27.3 Å². The quantitative estimate of drug-likeness (QED) is 0.839. The van der Waals surface area contributed by atoms with Crippen LogP contribution in [0.3, 0.4) is 0 Å². The molecule has 0 amide bonds. The Hall–Kier alpha value is -0.660. The zero-order chi connectivity index (χ0) is 14.4. The van der Waals surface area contributed by atoms with Gasteiger partial charge in [-0.25, -0.2) is 18.2 Å². The molecule has 0 aromatic carbocycles. The molecule has 7 heteroatoms. The summed E-state index contributed by atoms with van der Waals surface area (Å²) in [6, 6.07) is 2.26. The van der Waals surface area contributed by atoms with Gasteiger partial charge >= 0.3 is 0 Å². The third kappa shape index (κ3) is 2.39. The summed E-state index contributed by atoms with van der Waals surface area (Å²) < 4.78 is 42.0. The first kappa shape index (κ1) is 15.4. The molecule has 0 fully saturated rings. The van der Waals surface area contributed by atoms with Crippen LogP contribution in [0.5, 0.6) is 0 Å². The molecule has 0 spiro atoms. The summed E-state index contributed by atoms with van der Waals surface area (Å²) >= 11 is 2.97. The maximum Gasteiger partial charge on any atom is 0.298 e. The lowest BCUT2D eigenvalue weighted by Gasteiger charge is -2.40. The van der Waals surface area contributed by atoms with Crippen LogP contribution in [0.2, 0.25) is 0 Å². The van der Waals surface area contributed by atoms with Crippen molar-refractivity contribution >= 4 is 15.9 Å². The summed E-state index contributed by atoms with van der Waals surface area (Å²) in [7, 11) is 0. The maximum absolute atomic E-state index is 14.1. The smallest absolute Gasteiger partial charge is 0.298 e. The first-order chi connectivity index (χ1) is 7.91. The predicted molar refractivity (Wildman–Crippen MR) is 64.7 cm³/mol. The van der Waals surface area contributed by atoms with Gasteiger partial charge in [0.05, 0.1) is 0 Å². The van der Waals surface area contributed by atoms with Crippen molar-refractivity contribution in [2.45, 2.75) is 37.8 Å². The van der Waals surface area contributed by atoms with Gasteiger partial charge < -0.3 is 10.8 Å². The molecule has 0 aliphatic carbocycles. The topological polar surface area (TPSA) is 59.1 Å². The first-order valence-electron chi connectivity index (χ1n) is 5.13. The second-order valence-corrected chi connectivity index (χ2v) is 5.61. The van der Waals surface area contributed by atoms with Crippen LogP contribution in [0.15, 0.2) is 16.7 Å². The molecule has 1 rings (SSSR count). The molecule has 1 atom stereocenters. The number of halogens is 4. The van der Waals surface area contributed by atoms with Crippen molar-refractivity contribution in [3.63, 3.8) is 0 Å². The Morgan fingerprint density at radius 1 is 1.28 bits per heavy atom. The fourth-order valence-corrected chi connectivity index (χ4v) is 1.88. The van der Waals surface area contributed by atoms with Crippen LogP contribution in [0.4, 0.5) is 13.2 Å². The third-order valence-electron chi connectivity index (χ3n) is 2.72. The van der Waals surface area contributed by atoms with E-state index in [1.165, 1.54) is 6.07 Å². The van der Waals surface area contributed by atoms with Gasteiger partial charge in [0.2, 0.25) is 0 Å². The molecule has 1 aromatic rings. The van der Waals surface area contributed by atoms with Gasteiger partial charge in [0.25, 0.3) is 5.92 Å². The molecule has 0 aliphatic heterocycles. The van der Waals surface area contributed by atoms with E-state index in [9.17, 15) is 18.3 Å². The van der Waals surface area contributed by atoms with Crippen molar-refractivity contribution in [1.29, 1.82) is 0 Å². The van der Waals surface area contributed by atoms with Crippen molar-refractivity contribution in [1.82, 2.24) is 4.98 Å². The van der Waals surface area contributed by atoms with Crippen LogP contribution in [-0.4, -0.2) is 21.6 Å². The first-order valence-corrected chi connectivity index (χ1v) is 5.92. The number of hydrogen-bond acceptors (Lipinski definition) is 3. The van der Waals surface area contributed by atoms with Gasteiger partial charge in [-0.05, 0) is 48.8 Å². The monoisotopic (exact) mass is 326 g/mol. The highest BCUT2D eigenvalue weighted by Gasteiger charge is 2.60. The van der Waals surface area contributed by atoms with Crippen LogP contribution in [-0.2, 0) is 5.54 Å². The minimum Gasteiger partial charge on any atom is -0.384 e. The van der Waals surface area contributed by atoms with Crippen molar-refractivity contribution in [3.8, 4) is 0 Å². The number of alkyl halides is 2. The highest BCUT2D eigenvalue weighted by atomic mass is 79.9. The Kier molecular flexibility index (Phi) is 3.82. The van der Waals surface area contributed by atoms with E-state index in [2.05, 4.69) is 20.9 Å². The van der Waals surface area contributed by atoms with Crippen molar-refractivity contribution in [3.05, 3.63) is 28.2 Å². The minimum absolute atomic E-state index is 0.183. The van der Waals surface area contributed by atoms with Crippen LogP contribution in [0.25, 0.3) is 0 Å². The average Bonchev–Trinajstić information content (AvgIpc) is 2.19. The van der Waals surface area contributed by atoms with Gasteiger partial charge in [-0.2, -0.15) is 0 Å². The molecule has 1 heterocycles. The Labute approximate surface area is 111 Å². The fraction of sp³-hybridized carbons (Fsp3) is 0.545. The molecular formula is C11H14BrF3N2O. The number of rotatable bonds is 3. The largest absolute Gasteiger partial charge is 0.384 e. The van der Waals surface area contributed by atoms with Gasteiger partial charge in [-0.15, -0.1) is 0 Å². The summed E-state index contributed by atoms with van der Waals surface area (Å²) in [5, 5.41) is 9.51. The molecule has 0 radical (unpaired) electrons. The molecular weight excluding hydrogens is 313 g/mol. The summed E-state index contributed by atoms with van der Waals surface area (Å²) in [6.07, 6.45) is 0. The molecule has 0 saturated heterocycles. The number of nitrogens with zero attached hydrogens (tertiary/aromatic N) is 1. The van der Waals surface area contributed by atoms with E-state index in [0.717, 1.165) is 26.8 Å². The Morgan fingerprint density at radius 3 is 2.22 bits per heavy atom. The van der Waals surface area contributed by atoms with Crippen molar-refractivity contribution in [2.24, 2.45) is 5.73 Å². The molecule has 0 bridgehead atoms. The molecule has 3 N–H and O–H groups in total. The van der Waals surface area contributed by atoms with Crippen LogP contribution >= 0.6 is 15.9 Å². The Balaban J connectivity index is 3.42. The number of pyridine rings is 1. The van der Waals surface area contributed by atoms with Crippen LogP contribution < -0.4 is 5.73 Å². The molecule has 0 unspecified atom stereocenters. The van der Waals surface area contributed by atoms with E-state index < -0.39 is 28.6 Å². The van der Waals surface area contributed by atoms with Gasteiger partial charge in [-0.1, -0.05) is 0 Å². The average molecular weight is 327 g/mol. The van der Waals surface area contributed by atoms with Gasteiger partial charge in [-0.3, -0.25) is 0 Å². The van der Waals surface area contributed by atoms with E-state index >= 15 is 0 Å². The second-order valence-electron chi connectivity index (χ2n) is 4.80. The molecule has 1 aromatic heterocycles. The van der Waals surface area contributed by atoms with E-state index in [0.29, 0.717) is 0 Å². The number of hydrogen-bond donors (Lipinski definition) is 2. The molecule has 18 heavy (non-hydrogen) atoms. The van der Waals surface area contributed by atoms with E-state index in [1.54, 1.807) is 0 Å². The Morgan fingerprint density at radius 2 is 1.78 bits per heavy atom. The predicted octanol–water partition coefficient (Wildman–Crippen LogP) is 2.56. The molecule has 0 aliphatic rings. The van der Waals surface area contributed by atoms with E-state index in [1.807, 2.05) is 0 Å². The summed E-state index contributed by atoms with van der Waals surface area (Å²) in [6.45, 7) is 2.75. The van der Waals surface area contributed by atoms with Gasteiger partial charge in [0, 0.05) is 0 Å². The summed E-state index contributed by atoms with van der Waals surface area (Å²) in [5.41, 5.74) is 0.0758. The summed E-state index contributed by atoms with van der Waals surface area (Å²) in [4.78, 5) is 3.65. The standard InChI is InChI=1S/C11H14BrF3N2O/c1-9(2,18)11(14,15)10(3,16)8-6(13)4-5-7(12)17-8/h4-5,18H,16H2,1-3H3/t10-/m1/s1. The second kappa shape index (κ2) is 4.47. The zero-order valence-corrected chi connectivity index (χ0v) is 11.7. The van der Waals surface area contributed by atoms with Crippen molar-refractivity contribution < 1.29 is 18.3 Å². The molecule has 102 valence electrons. The van der Waals surface area contributed by atoms with Crippen molar-refractivity contribution in [2.75, 3.05) is 0 Å². The maximum atomic E-state index is 14.1. The van der Waals surface area contributed by atoms with Gasteiger partial charge in [0.15, 0.2) is 0 Å². The highest BCUT2D eigenvalue weighted by molar-refractivity contribution is 9.10. The normalized spacial score (nSPS) is 16.5. The number of aliphatic hydroxyl groups is 1. The lowest BCUT2D eigenvalue weighted by molar-refractivity contribution is -0.203. The lowest BCUT2D eigenvalue weighted by atomic mass is 9.81.